The number of ketones is 1. The number of Topliss-reactive ketones (excluding diaryl/α,β-unsaturated/α-hetero) is 1. The van der Waals surface area contributed by atoms with Crippen LogP contribution in [0.2, 0.25) is 0 Å². The van der Waals surface area contributed by atoms with Crippen LogP contribution in [-0.4, -0.2) is 27.5 Å². The summed E-state index contributed by atoms with van der Waals surface area (Å²) in [6.45, 7) is 2.02. The molecule has 1 heterocycles. The lowest BCUT2D eigenvalue weighted by Gasteiger charge is -2.18. The van der Waals surface area contributed by atoms with Crippen LogP contribution in [0.3, 0.4) is 0 Å². The molecule has 0 fully saturated rings. The second-order valence-electron chi connectivity index (χ2n) is 5.35. The molecular formula is C15H19N3O2S. The summed E-state index contributed by atoms with van der Waals surface area (Å²) in [6, 6.07) is 7.47. The molecule has 0 amide bonds. The van der Waals surface area contributed by atoms with Crippen molar-refractivity contribution in [2.45, 2.75) is 19.8 Å². The van der Waals surface area contributed by atoms with E-state index in [-0.39, 0.29) is 12.2 Å². The second kappa shape index (κ2) is 5.70. The highest BCUT2D eigenvalue weighted by molar-refractivity contribution is 8.02. The smallest absolute Gasteiger partial charge is 0.193 e. The third kappa shape index (κ3) is 3.50. The number of nitrogens with one attached hydrogen (secondary N) is 2. The Balaban J connectivity index is 2.50. The SMILES string of the molecule is CCc1cc2cc(C(=O)CC#N)[nH]c2cc1N[SH](C)(C)=O. The molecule has 5 nitrogen and oxygen atoms in total. The van der Waals surface area contributed by atoms with E-state index in [0.717, 1.165) is 28.6 Å². The van der Waals surface area contributed by atoms with Gasteiger partial charge in [0.05, 0.1) is 11.8 Å². The van der Waals surface area contributed by atoms with Crippen LogP contribution < -0.4 is 4.72 Å². The second-order valence-corrected chi connectivity index (χ2v) is 8.28. The van der Waals surface area contributed by atoms with E-state index >= 15 is 0 Å². The Labute approximate surface area is 124 Å². The van der Waals surface area contributed by atoms with E-state index in [9.17, 15) is 9.00 Å². The fourth-order valence-electron chi connectivity index (χ4n) is 2.23. The molecule has 21 heavy (non-hydrogen) atoms. The number of fused-ring (bicyclic) bond motifs is 1. The molecule has 0 saturated heterocycles. The van der Waals surface area contributed by atoms with Gasteiger partial charge < -0.3 is 9.71 Å². The zero-order valence-corrected chi connectivity index (χ0v) is 13.3. The third-order valence-electron chi connectivity index (χ3n) is 3.16. The average Bonchev–Trinajstić information content (AvgIpc) is 2.79. The number of H-pyrrole nitrogens is 1. The van der Waals surface area contributed by atoms with Crippen LogP contribution in [0.4, 0.5) is 5.69 Å². The van der Waals surface area contributed by atoms with Crippen LogP contribution in [0, 0.1) is 11.3 Å². The van der Waals surface area contributed by atoms with Crippen molar-refractivity contribution in [3.05, 3.63) is 29.5 Å². The Hall–Kier alpha value is -2.13. The minimum Gasteiger partial charge on any atom is -0.352 e. The molecule has 1 aromatic heterocycles. The van der Waals surface area contributed by atoms with Crippen LogP contribution in [0.5, 0.6) is 0 Å². The Morgan fingerprint density at radius 2 is 2.10 bits per heavy atom. The number of thiol groups is 1. The monoisotopic (exact) mass is 305 g/mol. The molecule has 6 heteroatoms. The molecular weight excluding hydrogens is 286 g/mol. The van der Waals surface area contributed by atoms with Gasteiger partial charge in [-0.25, -0.2) is 0 Å². The zero-order valence-electron chi connectivity index (χ0n) is 12.4. The molecule has 0 saturated carbocycles. The van der Waals surface area contributed by atoms with E-state index in [1.807, 2.05) is 25.1 Å². The highest BCUT2D eigenvalue weighted by atomic mass is 32.3. The van der Waals surface area contributed by atoms with Gasteiger partial charge in [0.1, 0.15) is 6.42 Å². The van der Waals surface area contributed by atoms with Gasteiger partial charge in [-0.15, -0.1) is 0 Å². The van der Waals surface area contributed by atoms with Gasteiger partial charge in [0.25, 0.3) is 0 Å². The minimum atomic E-state index is -2.40. The summed E-state index contributed by atoms with van der Waals surface area (Å²) in [5.74, 6) is -0.224. The number of anilines is 1. The molecule has 0 atom stereocenters. The quantitative estimate of drug-likeness (QED) is 0.586. The van der Waals surface area contributed by atoms with Gasteiger partial charge >= 0.3 is 0 Å². The predicted octanol–water partition coefficient (Wildman–Crippen LogP) is 2.43. The topological polar surface area (TPSA) is 85.8 Å². The Kier molecular flexibility index (Phi) is 4.14. The molecule has 0 aliphatic heterocycles. The van der Waals surface area contributed by atoms with E-state index in [1.54, 1.807) is 18.6 Å². The number of hydrogen-bond donors (Lipinski definition) is 3. The predicted molar refractivity (Wildman–Crippen MR) is 87.2 cm³/mol. The number of benzene rings is 1. The fourth-order valence-corrected chi connectivity index (χ4v) is 3.02. The van der Waals surface area contributed by atoms with Crippen molar-refractivity contribution >= 4 is 32.5 Å². The van der Waals surface area contributed by atoms with E-state index in [1.165, 1.54) is 0 Å². The van der Waals surface area contributed by atoms with Crippen molar-refractivity contribution in [3.63, 3.8) is 0 Å². The van der Waals surface area contributed by atoms with E-state index in [4.69, 9.17) is 5.26 Å². The maximum absolute atomic E-state index is 12.0. The number of carbonyl (C=O) groups is 1. The number of aromatic nitrogens is 1. The van der Waals surface area contributed by atoms with Gasteiger partial charge in [0, 0.05) is 29.1 Å². The van der Waals surface area contributed by atoms with Crippen molar-refractivity contribution in [1.82, 2.24) is 4.98 Å². The van der Waals surface area contributed by atoms with Crippen molar-refractivity contribution in [1.29, 1.82) is 5.26 Å². The molecule has 0 bridgehead atoms. The Morgan fingerprint density at radius 1 is 1.38 bits per heavy atom. The molecule has 0 spiro atoms. The number of nitriles is 1. The summed E-state index contributed by atoms with van der Waals surface area (Å²) in [5.41, 5.74) is 3.09. The third-order valence-corrected chi connectivity index (χ3v) is 3.93. The highest BCUT2D eigenvalue weighted by Crippen LogP contribution is 2.26. The van der Waals surface area contributed by atoms with Gasteiger partial charge in [-0.2, -0.15) is 5.26 Å². The highest BCUT2D eigenvalue weighted by Gasteiger charge is 2.12. The van der Waals surface area contributed by atoms with E-state index < -0.39 is 10.1 Å². The molecule has 1 aromatic carbocycles. The van der Waals surface area contributed by atoms with Crippen molar-refractivity contribution in [3.8, 4) is 6.07 Å². The molecule has 0 radical (unpaired) electrons. The van der Waals surface area contributed by atoms with Gasteiger partial charge in [0.2, 0.25) is 0 Å². The zero-order chi connectivity index (χ0) is 15.6. The molecule has 2 rings (SSSR count). The number of carbonyl (C=O) groups excluding carboxylic acids is 1. The fraction of sp³-hybridized carbons (Fsp3) is 0.333. The number of nitrogens with zero attached hydrogens (tertiary/aromatic N) is 1. The Bertz CT molecular complexity index is 780. The minimum absolute atomic E-state index is 0.141. The number of aromatic amines is 1. The van der Waals surface area contributed by atoms with E-state index in [2.05, 4.69) is 9.71 Å². The average molecular weight is 305 g/mol. The lowest BCUT2D eigenvalue weighted by atomic mass is 10.1. The summed E-state index contributed by atoms with van der Waals surface area (Å²) >= 11 is 0. The maximum Gasteiger partial charge on any atom is 0.193 e. The normalized spacial score (nSPS) is 12.1. The molecule has 2 N–H and O–H groups in total. The van der Waals surface area contributed by atoms with Crippen molar-refractivity contribution < 1.29 is 9.00 Å². The summed E-state index contributed by atoms with van der Waals surface area (Å²) in [5, 5.41) is 9.52. The molecule has 2 aromatic rings. The molecule has 0 aliphatic carbocycles. The molecule has 0 aliphatic rings. The summed E-state index contributed by atoms with van der Waals surface area (Å²) < 4.78 is 15.0. The summed E-state index contributed by atoms with van der Waals surface area (Å²) in [7, 11) is -2.40. The van der Waals surface area contributed by atoms with Crippen molar-refractivity contribution in [2.24, 2.45) is 0 Å². The van der Waals surface area contributed by atoms with E-state index in [0.29, 0.717) is 5.69 Å². The standard InChI is InChI=1S/C15H19N3O2S/c1-4-10-7-11-8-14(15(19)5-6-16)17-12(11)9-13(10)18-21(2,3)20/h7-9,17,21H,4-5H2,1-3H3,(H,18,20). The first-order valence-electron chi connectivity index (χ1n) is 6.73. The number of rotatable bonds is 5. The first kappa shape index (κ1) is 15.3. The first-order chi connectivity index (χ1) is 9.84. The maximum atomic E-state index is 12.0. The van der Waals surface area contributed by atoms with Gasteiger partial charge in [0.15, 0.2) is 5.78 Å². The summed E-state index contributed by atoms with van der Waals surface area (Å²) in [6.07, 6.45) is 4.00. The largest absolute Gasteiger partial charge is 0.352 e. The lowest BCUT2D eigenvalue weighted by molar-refractivity contribution is 0.0994. The summed E-state index contributed by atoms with van der Waals surface area (Å²) in [4.78, 5) is 14.8. The van der Waals surface area contributed by atoms with Crippen LogP contribution in [0.15, 0.2) is 18.2 Å². The van der Waals surface area contributed by atoms with Crippen LogP contribution >= 0.6 is 0 Å². The van der Waals surface area contributed by atoms with Gasteiger partial charge in [-0.1, -0.05) is 6.92 Å². The number of hydrogen-bond acceptors (Lipinski definition) is 3. The van der Waals surface area contributed by atoms with Crippen LogP contribution in [0.25, 0.3) is 10.9 Å². The Morgan fingerprint density at radius 3 is 2.67 bits per heavy atom. The lowest BCUT2D eigenvalue weighted by Crippen LogP contribution is -2.18. The first-order valence-corrected chi connectivity index (χ1v) is 9.33. The van der Waals surface area contributed by atoms with Gasteiger partial charge in [-0.3, -0.25) is 9.00 Å². The van der Waals surface area contributed by atoms with Crippen LogP contribution in [-0.2, 0) is 16.5 Å². The van der Waals surface area contributed by atoms with Crippen molar-refractivity contribution in [2.75, 3.05) is 17.2 Å². The van der Waals surface area contributed by atoms with Crippen LogP contribution in [0.1, 0.15) is 29.4 Å². The molecule has 112 valence electrons. The molecule has 0 unspecified atom stereocenters. The van der Waals surface area contributed by atoms with Gasteiger partial charge in [-0.05, 0) is 40.3 Å². The number of aryl methyl sites for hydroxylation is 1.